The van der Waals surface area contributed by atoms with Crippen molar-refractivity contribution in [3.05, 3.63) is 36.2 Å². The zero-order valence-corrected chi connectivity index (χ0v) is 10.2. The number of aromatic nitrogens is 3. The smallest absolute Gasteiger partial charge is 0.309 e. The largest absolute Gasteiger partial charge is 0.481 e. The molecular weight excluding hydrogens is 232 g/mol. The van der Waals surface area contributed by atoms with E-state index in [9.17, 15) is 4.79 Å². The highest BCUT2D eigenvalue weighted by molar-refractivity contribution is 5.69. The van der Waals surface area contributed by atoms with Crippen LogP contribution in [0.25, 0.3) is 5.69 Å². The van der Waals surface area contributed by atoms with E-state index in [1.807, 2.05) is 43.3 Å². The van der Waals surface area contributed by atoms with Crippen molar-refractivity contribution < 1.29 is 9.90 Å². The van der Waals surface area contributed by atoms with Crippen molar-refractivity contribution in [1.29, 1.82) is 0 Å². The van der Waals surface area contributed by atoms with Crippen LogP contribution in [0.5, 0.6) is 0 Å². The number of carboxylic acids is 1. The van der Waals surface area contributed by atoms with Crippen LogP contribution in [0.2, 0.25) is 0 Å². The van der Waals surface area contributed by atoms with Gasteiger partial charge in [0.2, 0.25) is 0 Å². The minimum Gasteiger partial charge on any atom is -0.481 e. The van der Waals surface area contributed by atoms with Gasteiger partial charge in [-0.2, -0.15) is 0 Å². The summed E-state index contributed by atoms with van der Waals surface area (Å²) >= 11 is 0. The molecule has 94 valence electrons. The van der Waals surface area contributed by atoms with Gasteiger partial charge in [-0.05, 0) is 24.3 Å². The predicted octanol–water partition coefficient (Wildman–Crippen LogP) is 0.960. The second-order valence-electron chi connectivity index (χ2n) is 4.12. The van der Waals surface area contributed by atoms with E-state index in [0.29, 0.717) is 5.69 Å². The van der Waals surface area contributed by atoms with E-state index in [-0.39, 0.29) is 6.42 Å². The fourth-order valence-electron chi connectivity index (χ4n) is 1.64. The highest BCUT2D eigenvalue weighted by atomic mass is 16.4. The fraction of sp³-hybridized carbons (Fsp3) is 0.250. The number of benzene rings is 1. The Hall–Kier alpha value is -2.37. The number of rotatable bonds is 4. The van der Waals surface area contributed by atoms with Crippen molar-refractivity contribution >= 4 is 11.7 Å². The highest BCUT2D eigenvalue weighted by Gasteiger charge is 2.09. The molecule has 6 nitrogen and oxygen atoms in total. The number of hydrogen-bond donors (Lipinski definition) is 1. The summed E-state index contributed by atoms with van der Waals surface area (Å²) in [5.74, 6) is -0.900. The van der Waals surface area contributed by atoms with E-state index in [1.165, 1.54) is 10.9 Å². The molecule has 0 bridgehead atoms. The van der Waals surface area contributed by atoms with Crippen LogP contribution < -0.4 is 4.90 Å². The topological polar surface area (TPSA) is 71.2 Å². The third-order valence-electron chi connectivity index (χ3n) is 2.56. The van der Waals surface area contributed by atoms with Gasteiger partial charge in [-0.1, -0.05) is 5.21 Å². The standard InChI is InChI=1S/C12H14N4O2/c1-15(2)9-3-5-10(6-4-9)16-11(7-12(17)18)8-13-14-16/h3-6,8H,7H2,1-2H3,(H,17,18). The van der Waals surface area contributed by atoms with Crippen LogP contribution in [0.1, 0.15) is 5.69 Å². The Morgan fingerprint density at radius 2 is 2.00 bits per heavy atom. The lowest BCUT2D eigenvalue weighted by atomic mass is 10.2. The van der Waals surface area contributed by atoms with Crippen LogP contribution in [-0.2, 0) is 11.2 Å². The molecule has 18 heavy (non-hydrogen) atoms. The van der Waals surface area contributed by atoms with E-state index in [0.717, 1.165) is 11.4 Å². The highest BCUT2D eigenvalue weighted by Crippen LogP contribution is 2.16. The zero-order chi connectivity index (χ0) is 13.1. The van der Waals surface area contributed by atoms with Crippen molar-refractivity contribution in [2.24, 2.45) is 0 Å². The Bertz CT molecular complexity index is 545. The molecule has 0 aliphatic carbocycles. The van der Waals surface area contributed by atoms with Crippen molar-refractivity contribution in [2.75, 3.05) is 19.0 Å². The molecule has 0 aliphatic rings. The number of anilines is 1. The SMILES string of the molecule is CN(C)c1ccc(-n2nncc2CC(=O)O)cc1. The summed E-state index contributed by atoms with van der Waals surface area (Å²) in [6.07, 6.45) is 1.37. The lowest BCUT2D eigenvalue weighted by molar-refractivity contribution is -0.136. The number of hydrogen-bond acceptors (Lipinski definition) is 4. The summed E-state index contributed by atoms with van der Waals surface area (Å²) in [6, 6.07) is 7.66. The summed E-state index contributed by atoms with van der Waals surface area (Å²) in [5, 5.41) is 16.5. The minimum absolute atomic E-state index is 0.0948. The Kier molecular flexibility index (Phi) is 3.27. The molecule has 6 heteroatoms. The Morgan fingerprint density at radius 3 is 2.56 bits per heavy atom. The first-order chi connectivity index (χ1) is 8.58. The Morgan fingerprint density at radius 1 is 1.33 bits per heavy atom. The van der Waals surface area contributed by atoms with Gasteiger partial charge in [0.15, 0.2) is 0 Å². The quantitative estimate of drug-likeness (QED) is 0.870. The van der Waals surface area contributed by atoms with Crippen LogP contribution in [0.15, 0.2) is 30.5 Å². The fourth-order valence-corrected chi connectivity index (χ4v) is 1.64. The summed E-state index contributed by atoms with van der Waals surface area (Å²) in [6.45, 7) is 0. The van der Waals surface area contributed by atoms with Gasteiger partial charge in [0.1, 0.15) is 0 Å². The minimum atomic E-state index is -0.900. The molecule has 0 unspecified atom stereocenters. The second-order valence-corrected chi connectivity index (χ2v) is 4.12. The molecule has 0 aliphatic heterocycles. The van der Waals surface area contributed by atoms with Crippen LogP contribution in [0, 0.1) is 0 Å². The van der Waals surface area contributed by atoms with Gasteiger partial charge >= 0.3 is 5.97 Å². The van der Waals surface area contributed by atoms with Gasteiger partial charge in [-0.3, -0.25) is 4.79 Å². The van der Waals surface area contributed by atoms with E-state index >= 15 is 0 Å². The number of nitrogens with zero attached hydrogens (tertiary/aromatic N) is 4. The lowest BCUT2D eigenvalue weighted by Crippen LogP contribution is -2.10. The second kappa shape index (κ2) is 4.87. The molecule has 2 rings (SSSR count). The Balaban J connectivity index is 2.31. The maximum atomic E-state index is 10.7. The first kappa shape index (κ1) is 12.1. The summed E-state index contributed by atoms with van der Waals surface area (Å²) in [5.41, 5.74) is 2.42. The van der Waals surface area contributed by atoms with Crippen LogP contribution >= 0.6 is 0 Å². The van der Waals surface area contributed by atoms with E-state index in [4.69, 9.17) is 5.11 Å². The van der Waals surface area contributed by atoms with Gasteiger partial charge in [-0.15, -0.1) is 5.10 Å². The molecule has 1 aromatic carbocycles. The maximum Gasteiger partial charge on any atom is 0.309 e. The monoisotopic (exact) mass is 246 g/mol. The molecule has 0 fully saturated rings. The summed E-state index contributed by atoms with van der Waals surface area (Å²) in [7, 11) is 3.92. The molecule has 0 radical (unpaired) electrons. The average Bonchev–Trinajstić information content (AvgIpc) is 2.76. The van der Waals surface area contributed by atoms with Crippen molar-refractivity contribution in [3.63, 3.8) is 0 Å². The normalized spacial score (nSPS) is 10.3. The van der Waals surface area contributed by atoms with E-state index < -0.39 is 5.97 Å². The third-order valence-corrected chi connectivity index (χ3v) is 2.56. The molecule has 1 heterocycles. The van der Waals surface area contributed by atoms with E-state index in [1.54, 1.807) is 0 Å². The molecule has 0 atom stereocenters. The van der Waals surface area contributed by atoms with Gasteiger partial charge < -0.3 is 10.0 Å². The molecule has 2 aromatic rings. The molecule has 0 saturated carbocycles. The third kappa shape index (κ3) is 2.48. The van der Waals surface area contributed by atoms with Crippen LogP contribution in [-0.4, -0.2) is 40.2 Å². The molecule has 1 N–H and O–H groups in total. The molecule has 0 amide bonds. The van der Waals surface area contributed by atoms with Gasteiger partial charge in [0.05, 0.1) is 24.0 Å². The molecule has 0 saturated heterocycles. The number of carboxylic acid groups (broad SMARTS) is 1. The van der Waals surface area contributed by atoms with Gasteiger partial charge in [-0.25, -0.2) is 4.68 Å². The van der Waals surface area contributed by atoms with Crippen LogP contribution in [0.3, 0.4) is 0 Å². The predicted molar refractivity (Wildman–Crippen MR) is 67.0 cm³/mol. The van der Waals surface area contributed by atoms with Gasteiger partial charge in [0, 0.05) is 19.8 Å². The first-order valence-electron chi connectivity index (χ1n) is 5.47. The Labute approximate surface area is 104 Å². The average molecular weight is 246 g/mol. The maximum absolute atomic E-state index is 10.7. The molecular formula is C12H14N4O2. The van der Waals surface area contributed by atoms with Crippen molar-refractivity contribution in [3.8, 4) is 5.69 Å². The number of carbonyl (C=O) groups is 1. The van der Waals surface area contributed by atoms with Gasteiger partial charge in [0.25, 0.3) is 0 Å². The van der Waals surface area contributed by atoms with Crippen molar-refractivity contribution in [2.45, 2.75) is 6.42 Å². The van der Waals surface area contributed by atoms with Crippen molar-refractivity contribution in [1.82, 2.24) is 15.0 Å². The number of aliphatic carboxylic acids is 1. The van der Waals surface area contributed by atoms with Crippen LogP contribution in [0.4, 0.5) is 5.69 Å². The summed E-state index contributed by atoms with van der Waals surface area (Å²) < 4.78 is 1.54. The lowest BCUT2D eigenvalue weighted by Gasteiger charge is -2.13. The van der Waals surface area contributed by atoms with E-state index in [2.05, 4.69) is 10.3 Å². The zero-order valence-electron chi connectivity index (χ0n) is 10.2. The molecule has 1 aromatic heterocycles. The summed E-state index contributed by atoms with van der Waals surface area (Å²) in [4.78, 5) is 12.7. The molecule has 0 spiro atoms. The first-order valence-corrected chi connectivity index (χ1v) is 5.47.